The van der Waals surface area contributed by atoms with E-state index in [1.165, 1.54) is 11.0 Å². The summed E-state index contributed by atoms with van der Waals surface area (Å²) >= 11 is 0. The summed E-state index contributed by atoms with van der Waals surface area (Å²) in [5.41, 5.74) is -0.277. The van der Waals surface area contributed by atoms with Crippen molar-refractivity contribution in [2.24, 2.45) is 5.92 Å². The summed E-state index contributed by atoms with van der Waals surface area (Å²) in [7, 11) is 0. The first-order chi connectivity index (χ1) is 13.6. The molecule has 2 heterocycles. The largest absolute Gasteiger partial charge is 0.476 e. The molecular formula is C20H27F2N3O4. The smallest absolute Gasteiger partial charge is 0.308 e. The summed E-state index contributed by atoms with van der Waals surface area (Å²) in [6.07, 6.45) is 2.15. The van der Waals surface area contributed by atoms with Crippen LogP contribution in [0.4, 0.5) is 14.5 Å². The van der Waals surface area contributed by atoms with Gasteiger partial charge in [0.2, 0.25) is 5.88 Å². The molecule has 0 aromatic carbocycles. The van der Waals surface area contributed by atoms with Gasteiger partial charge >= 0.3 is 5.97 Å². The van der Waals surface area contributed by atoms with E-state index < -0.39 is 36.4 Å². The van der Waals surface area contributed by atoms with Crippen molar-refractivity contribution < 1.29 is 27.8 Å². The Morgan fingerprint density at radius 1 is 1.31 bits per heavy atom. The molecular weight excluding hydrogens is 384 g/mol. The molecule has 9 heteroatoms. The lowest BCUT2D eigenvalue weighted by atomic mass is 10.0. The van der Waals surface area contributed by atoms with Gasteiger partial charge in [-0.25, -0.2) is 13.8 Å². The van der Waals surface area contributed by atoms with E-state index in [9.17, 15) is 18.4 Å². The molecule has 0 radical (unpaired) electrons. The number of halogens is 2. The highest BCUT2D eigenvalue weighted by Gasteiger charge is 2.45. The Bertz CT molecular complexity index is 773. The summed E-state index contributed by atoms with van der Waals surface area (Å²) in [6.45, 7) is 5.06. The van der Waals surface area contributed by atoms with Crippen LogP contribution in [0.1, 0.15) is 50.5 Å². The van der Waals surface area contributed by atoms with E-state index in [1.54, 1.807) is 26.8 Å². The number of ether oxygens (including phenoxy) is 2. The zero-order valence-corrected chi connectivity index (χ0v) is 17.0. The van der Waals surface area contributed by atoms with Crippen LogP contribution in [0.3, 0.4) is 0 Å². The van der Waals surface area contributed by atoms with E-state index in [2.05, 4.69) is 10.3 Å². The Hall–Kier alpha value is -2.45. The van der Waals surface area contributed by atoms with Crippen LogP contribution in [0, 0.1) is 5.92 Å². The van der Waals surface area contributed by atoms with Crippen molar-refractivity contribution >= 4 is 17.6 Å². The van der Waals surface area contributed by atoms with Crippen LogP contribution in [0.15, 0.2) is 12.1 Å². The number of pyridine rings is 1. The number of nitrogens with one attached hydrogen (secondary N) is 1. The van der Waals surface area contributed by atoms with E-state index >= 15 is 0 Å². The van der Waals surface area contributed by atoms with Gasteiger partial charge < -0.3 is 19.7 Å². The van der Waals surface area contributed by atoms with Crippen molar-refractivity contribution in [3.63, 3.8) is 0 Å². The number of anilines is 1. The van der Waals surface area contributed by atoms with Crippen LogP contribution in [-0.2, 0) is 9.53 Å². The molecule has 1 saturated carbocycles. The summed E-state index contributed by atoms with van der Waals surface area (Å²) < 4.78 is 37.2. The normalized spacial score (nSPS) is 18.0. The van der Waals surface area contributed by atoms with Gasteiger partial charge in [-0.3, -0.25) is 9.59 Å². The highest BCUT2D eigenvalue weighted by Crippen LogP contribution is 2.38. The van der Waals surface area contributed by atoms with Gasteiger partial charge in [0, 0.05) is 5.54 Å². The van der Waals surface area contributed by atoms with Crippen molar-refractivity contribution in [2.45, 2.75) is 51.5 Å². The minimum atomic E-state index is -2.72. The van der Waals surface area contributed by atoms with E-state index in [0.717, 1.165) is 12.8 Å². The monoisotopic (exact) mass is 411 g/mol. The Kier molecular flexibility index (Phi) is 5.95. The van der Waals surface area contributed by atoms with Gasteiger partial charge in [-0.2, -0.15) is 0 Å². The molecule has 2 fully saturated rings. The third-order valence-electron chi connectivity index (χ3n) is 4.75. The number of aromatic nitrogens is 1. The number of esters is 1. The molecule has 3 rings (SSSR count). The number of amides is 1. The summed E-state index contributed by atoms with van der Waals surface area (Å²) in [5, 5.41) is 2.76. The van der Waals surface area contributed by atoms with Crippen molar-refractivity contribution in [1.82, 2.24) is 10.3 Å². The van der Waals surface area contributed by atoms with Gasteiger partial charge in [-0.15, -0.1) is 0 Å². The topological polar surface area (TPSA) is 80.8 Å². The molecule has 1 aliphatic carbocycles. The highest BCUT2D eigenvalue weighted by atomic mass is 19.3. The Balaban J connectivity index is 1.71. The third kappa shape index (κ3) is 5.77. The molecule has 29 heavy (non-hydrogen) atoms. The lowest BCUT2D eigenvalue weighted by Crippen LogP contribution is -2.56. The van der Waals surface area contributed by atoms with E-state index in [-0.39, 0.29) is 24.6 Å². The molecule has 160 valence electrons. The molecule has 2 aliphatic rings. The number of hydrogen-bond acceptors (Lipinski definition) is 6. The van der Waals surface area contributed by atoms with Crippen molar-refractivity contribution in [3.05, 3.63) is 17.8 Å². The first kappa shape index (κ1) is 21.3. The fraction of sp³-hybridized carbons (Fsp3) is 0.650. The first-order valence-electron chi connectivity index (χ1n) is 9.83. The second-order valence-corrected chi connectivity index (χ2v) is 8.31. The zero-order valence-electron chi connectivity index (χ0n) is 17.0. The third-order valence-corrected chi connectivity index (χ3v) is 4.75. The number of rotatable bonds is 9. The van der Waals surface area contributed by atoms with Crippen LogP contribution in [0.5, 0.6) is 5.88 Å². The first-order valence-corrected chi connectivity index (χ1v) is 9.83. The molecule has 0 unspecified atom stereocenters. The predicted octanol–water partition coefficient (Wildman–Crippen LogP) is 2.79. The predicted molar refractivity (Wildman–Crippen MR) is 102 cm³/mol. The fourth-order valence-corrected chi connectivity index (χ4v) is 3.06. The number of carbonyl (C=O) groups is 2. The second kappa shape index (κ2) is 8.12. The molecule has 1 aliphatic heterocycles. The number of nitrogens with zero attached hydrogens (tertiary/aromatic N) is 2. The van der Waals surface area contributed by atoms with Crippen LogP contribution >= 0.6 is 0 Å². The van der Waals surface area contributed by atoms with E-state index in [1.807, 2.05) is 0 Å². The minimum absolute atomic E-state index is 0.0125. The Labute approximate surface area is 168 Å². The highest BCUT2D eigenvalue weighted by molar-refractivity contribution is 5.93. The maximum atomic E-state index is 13.3. The van der Waals surface area contributed by atoms with Gasteiger partial charge in [0.05, 0.1) is 32.7 Å². The average Bonchev–Trinajstić information content (AvgIpc) is 3.41. The van der Waals surface area contributed by atoms with Crippen LogP contribution in [0.25, 0.3) is 0 Å². The maximum absolute atomic E-state index is 13.3. The average molecular weight is 411 g/mol. The molecule has 1 aromatic rings. The molecule has 7 nitrogen and oxygen atoms in total. The molecule has 1 aromatic heterocycles. The quantitative estimate of drug-likeness (QED) is 0.630. The molecule has 0 bridgehead atoms. The van der Waals surface area contributed by atoms with E-state index in [0.29, 0.717) is 18.2 Å². The summed E-state index contributed by atoms with van der Waals surface area (Å²) in [6, 6.07) is 3.06. The van der Waals surface area contributed by atoms with Gasteiger partial charge in [0.15, 0.2) is 0 Å². The number of carbonyl (C=O) groups excluding carboxylic acids is 2. The molecule has 0 spiro atoms. The number of alkyl halides is 2. The maximum Gasteiger partial charge on any atom is 0.308 e. The Morgan fingerprint density at radius 2 is 2.00 bits per heavy atom. The molecule has 1 N–H and O–H groups in total. The molecule has 1 saturated heterocycles. The van der Waals surface area contributed by atoms with Crippen molar-refractivity contribution in [1.29, 1.82) is 0 Å². The van der Waals surface area contributed by atoms with Crippen LogP contribution in [-0.4, -0.2) is 54.6 Å². The lowest BCUT2D eigenvalue weighted by Gasteiger charge is -2.40. The zero-order chi connectivity index (χ0) is 21.2. The molecule has 1 amide bonds. The second-order valence-electron chi connectivity index (χ2n) is 8.31. The van der Waals surface area contributed by atoms with Gasteiger partial charge in [-0.1, -0.05) is 0 Å². The lowest BCUT2D eigenvalue weighted by molar-refractivity contribution is -0.144. The van der Waals surface area contributed by atoms with E-state index in [4.69, 9.17) is 9.47 Å². The van der Waals surface area contributed by atoms with Crippen LogP contribution < -0.4 is 15.0 Å². The fourth-order valence-electron chi connectivity index (χ4n) is 3.06. The van der Waals surface area contributed by atoms with Crippen molar-refractivity contribution in [2.75, 3.05) is 31.2 Å². The van der Waals surface area contributed by atoms with Gasteiger partial charge in [0.25, 0.3) is 11.8 Å². The van der Waals surface area contributed by atoms with Crippen molar-refractivity contribution in [3.8, 4) is 5.88 Å². The summed E-state index contributed by atoms with van der Waals surface area (Å²) in [4.78, 5) is 30.2. The van der Waals surface area contributed by atoms with Gasteiger partial charge in [-0.05, 0) is 51.7 Å². The van der Waals surface area contributed by atoms with Crippen LogP contribution in [0.2, 0.25) is 0 Å². The standard InChI is InChI=1S/C20H27F2N3O4/c1-4-28-16(26)9-19(2,3)24-17(27)14-7-8-15(25-11-20(21,22)12-25)18(23-14)29-10-13-5-6-13/h7-8,13H,4-6,9-12H2,1-3H3,(H,24,27). The SMILES string of the molecule is CCOC(=O)CC(C)(C)NC(=O)c1ccc(N2CC(F)(F)C2)c(OCC2CC2)n1. The number of hydrogen-bond donors (Lipinski definition) is 1. The van der Waals surface area contributed by atoms with Gasteiger partial charge in [0.1, 0.15) is 11.4 Å². The summed E-state index contributed by atoms with van der Waals surface area (Å²) in [5.74, 6) is -2.97. The minimum Gasteiger partial charge on any atom is -0.476 e. The Morgan fingerprint density at radius 3 is 2.59 bits per heavy atom. The molecule has 0 atom stereocenters.